The maximum absolute atomic E-state index is 12.2. The van der Waals surface area contributed by atoms with Gasteiger partial charge in [-0.3, -0.25) is 9.48 Å². The Morgan fingerprint density at radius 1 is 1.35 bits per heavy atom. The van der Waals surface area contributed by atoms with Crippen molar-refractivity contribution in [3.63, 3.8) is 0 Å². The van der Waals surface area contributed by atoms with E-state index in [9.17, 15) is 4.79 Å². The highest BCUT2D eigenvalue weighted by atomic mass is 35.5. The summed E-state index contributed by atoms with van der Waals surface area (Å²) in [5.74, 6) is 0.630. The molecule has 0 unspecified atom stereocenters. The molecule has 5 heteroatoms. The number of halogens is 1. The second-order valence-electron chi connectivity index (χ2n) is 6.85. The number of aryl methyl sites for hydroxylation is 1. The van der Waals surface area contributed by atoms with Crippen LogP contribution in [0.2, 0.25) is 5.02 Å². The highest BCUT2D eigenvalue weighted by Gasteiger charge is 2.30. The molecule has 0 spiro atoms. The van der Waals surface area contributed by atoms with E-state index in [2.05, 4.69) is 31.2 Å². The van der Waals surface area contributed by atoms with E-state index in [0.29, 0.717) is 16.1 Å². The number of carbonyl (C=O) groups excluding carboxylic acids is 1. The van der Waals surface area contributed by atoms with Crippen LogP contribution in [0.4, 0.5) is 0 Å². The van der Waals surface area contributed by atoms with Crippen molar-refractivity contribution in [3.05, 3.63) is 16.9 Å². The van der Waals surface area contributed by atoms with Crippen LogP contribution >= 0.6 is 11.6 Å². The third-order valence-corrected chi connectivity index (χ3v) is 4.67. The van der Waals surface area contributed by atoms with Crippen molar-refractivity contribution in [2.24, 2.45) is 18.4 Å². The third-order valence-electron chi connectivity index (χ3n) is 4.40. The Bertz CT molecular complexity index is 462. The van der Waals surface area contributed by atoms with Crippen molar-refractivity contribution in [3.8, 4) is 0 Å². The van der Waals surface area contributed by atoms with Crippen LogP contribution in [0.25, 0.3) is 0 Å². The fraction of sp³-hybridized carbons (Fsp3) is 0.733. The fourth-order valence-corrected chi connectivity index (χ4v) is 3.28. The zero-order chi connectivity index (χ0) is 14.9. The molecular weight excluding hydrogens is 274 g/mol. The van der Waals surface area contributed by atoms with Crippen molar-refractivity contribution in [2.45, 2.75) is 52.5 Å². The molecule has 0 atom stereocenters. The summed E-state index contributed by atoms with van der Waals surface area (Å²) in [6.45, 7) is 6.89. The Morgan fingerprint density at radius 3 is 2.40 bits per heavy atom. The number of amides is 1. The van der Waals surface area contributed by atoms with E-state index in [1.54, 1.807) is 7.05 Å². The average Bonchev–Trinajstić information content (AvgIpc) is 2.68. The normalized spacial score (nSPS) is 23.6. The molecule has 20 heavy (non-hydrogen) atoms. The quantitative estimate of drug-likeness (QED) is 0.909. The monoisotopic (exact) mass is 297 g/mol. The van der Waals surface area contributed by atoms with E-state index >= 15 is 0 Å². The first-order valence-electron chi connectivity index (χ1n) is 7.27. The Labute approximate surface area is 125 Å². The van der Waals surface area contributed by atoms with Crippen molar-refractivity contribution in [2.75, 3.05) is 0 Å². The number of nitrogens with one attached hydrogen (secondary N) is 1. The van der Waals surface area contributed by atoms with Crippen LogP contribution in [0.15, 0.2) is 6.20 Å². The summed E-state index contributed by atoms with van der Waals surface area (Å²) in [5.41, 5.74) is 0.810. The third kappa shape index (κ3) is 3.35. The molecule has 0 saturated heterocycles. The zero-order valence-corrected chi connectivity index (χ0v) is 13.5. The first-order chi connectivity index (χ1) is 9.29. The molecule has 1 aliphatic rings. The smallest absolute Gasteiger partial charge is 0.271 e. The molecule has 0 bridgehead atoms. The summed E-state index contributed by atoms with van der Waals surface area (Å²) in [6.07, 6.45) is 5.94. The lowest BCUT2D eigenvalue weighted by atomic mass is 9.71. The topological polar surface area (TPSA) is 46.9 Å². The van der Waals surface area contributed by atoms with E-state index < -0.39 is 0 Å². The molecule has 1 fully saturated rings. The molecule has 0 radical (unpaired) electrons. The lowest BCUT2D eigenvalue weighted by Crippen LogP contribution is -2.40. The number of aromatic nitrogens is 2. The SMILES string of the molecule is Cn1ncc(Cl)c1C(=O)NC1CCC(C(C)(C)C)CC1. The van der Waals surface area contributed by atoms with Gasteiger partial charge in [0.05, 0.1) is 11.2 Å². The molecule has 1 heterocycles. The van der Waals surface area contributed by atoms with Crippen molar-refractivity contribution in [1.29, 1.82) is 0 Å². The van der Waals surface area contributed by atoms with Crippen LogP contribution in [0.3, 0.4) is 0 Å². The standard InChI is InChI=1S/C15H24ClN3O/c1-15(2,3)10-5-7-11(8-6-10)18-14(20)13-12(16)9-17-19(13)4/h9-11H,5-8H2,1-4H3,(H,18,20). The fourth-order valence-electron chi connectivity index (χ4n) is 3.02. The Balaban J connectivity index is 1.92. The number of carbonyl (C=O) groups is 1. The van der Waals surface area contributed by atoms with E-state index in [1.807, 2.05) is 0 Å². The van der Waals surface area contributed by atoms with Gasteiger partial charge in [-0.2, -0.15) is 5.10 Å². The molecule has 1 saturated carbocycles. The predicted octanol–water partition coefficient (Wildman–Crippen LogP) is 3.41. The van der Waals surface area contributed by atoms with Crippen molar-refractivity contribution in [1.82, 2.24) is 15.1 Å². The van der Waals surface area contributed by atoms with Gasteiger partial charge in [0.15, 0.2) is 0 Å². The van der Waals surface area contributed by atoms with E-state index in [-0.39, 0.29) is 11.9 Å². The summed E-state index contributed by atoms with van der Waals surface area (Å²) in [4.78, 5) is 12.2. The van der Waals surface area contributed by atoms with Crippen LogP contribution in [0.5, 0.6) is 0 Å². The lowest BCUT2D eigenvalue weighted by molar-refractivity contribution is 0.0895. The second kappa shape index (κ2) is 5.76. The average molecular weight is 298 g/mol. The van der Waals surface area contributed by atoms with Crippen LogP contribution < -0.4 is 5.32 Å². The van der Waals surface area contributed by atoms with E-state index in [1.165, 1.54) is 23.7 Å². The molecule has 2 rings (SSSR count). The maximum Gasteiger partial charge on any atom is 0.271 e. The molecule has 4 nitrogen and oxygen atoms in total. The number of rotatable bonds is 2. The van der Waals surface area contributed by atoms with Gasteiger partial charge >= 0.3 is 0 Å². The summed E-state index contributed by atoms with van der Waals surface area (Å²) in [7, 11) is 1.73. The Kier molecular flexibility index (Phi) is 4.43. The van der Waals surface area contributed by atoms with Crippen LogP contribution in [0.1, 0.15) is 56.9 Å². The van der Waals surface area contributed by atoms with Crippen LogP contribution in [0, 0.1) is 11.3 Å². The molecule has 112 valence electrons. The minimum atomic E-state index is -0.116. The van der Waals surface area contributed by atoms with Gasteiger partial charge in [0.1, 0.15) is 5.69 Å². The van der Waals surface area contributed by atoms with Gasteiger partial charge in [-0.05, 0) is 37.0 Å². The maximum atomic E-state index is 12.2. The summed E-state index contributed by atoms with van der Waals surface area (Å²) < 4.78 is 1.53. The Morgan fingerprint density at radius 2 is 1.95 bits per heavy atom. The Hall–Kier alpha value is -1.03. The molecule has 1 aliphatic carbocycles. The summed E-state index contributed by atoms with van der Waals surface area (Å²) in [6, 6.07) is 0.257. The molecule has 0 aromatic carbocycles. The first kappa shape index (κ1) is 15.4. The molecule has 1 aromatic rings. The molecule has 1 aromatic heterocycles. The van der Waals surface area contributed by atoms with Gasteiger partial charge in [-0.1, -0.05) is 32.4 Å². The van der Waals surface area contributed by atoms with Gasteiger partial charge in [0.2, 0.25) is 0 Å². The molecule has 1 N–H and O–H groups in total. The van der Waals surface area contributed by atoms with Crippen molar-refractivity contribution < 1.29 is 4.79 Å². The zero-order valence-electron chi connectivity index (χ0n) is 12.7. The highest BCUT2D eigenvalue weighted by molar-refractivity contribution is 6.33. The predicted molar refractivity (Wildman–Crippen MR) is 80.9 cm³/mol. The number of nitrogens with zero attached hydrogens (tertiary/aromatic N) is 2. The highest BCUT2D eigenvalue weighted by Crippen LogP contribution is 2.37. The van der Waals surface area contributed by atoms with Crippen LogP contribution in [-0.4, -0.2) is 21.7 Å². The number of hydrogen-bond donors (Lipinski definition) is 1. The summed E-state index contributed by atoms with van der Waals surface area (Å²) >= 11 is 6.00. The van der Waals surface area contributed by atoms with Crippen molar-refractivity contribution >= 4 is 17.5 Å². The van der Waals surface area contributed by atoms with Gasteiger partial charge in [0.25, 0.3) is 5.91 Å². The van der Waals surface area contributed by atoms with Gasteiger partial charge in [-0.15, -0.1) is 0 Å². The minimum absolute atomic E-state index is 0.116. The van der Waals surface area contributed by atoms with Crippen LogP contribution in [-0.2, 0) is 7.05 Å². The first-order valence-corrected chi connectivity index (χ1v) is 7.65. The molecular formula is C15H24ClN3O. The van der Waals surface area contributed by atoms with Gasteiger partial charge in [0, 0.05) is 13.1 Å². The summed E-state index contributed by atoms with van der Waals surface area (Å²) in [5, 5.41) is 7.50. The molecule has 1 amide bonds. The van der Waals surface area contributed by atoms with E-state index in [0.717, 1.165) is 18.8 Å². The lowest BCUT2D eigenvalue weighted by Gasteiger charge is -2.37. The van der Waals surface area contributed by atoms with E-state index in [4.69, 9.17) is 11.6 Å². The second-order valence-corrected chi connectivity index (χ2v) is 7.26. The molecule has 0 aliphatic heterocycles. The largest absolute Gasteiger partial charge is 0.348 e. The van der Waals surface area contributed by atoms with Gasteiger partial charge in [-0.25, -0.2) is 0 Å². The minimum Gasteiger partial charge on any atom is -0.348 e. The number of hydrogen-bond acceptors (Lipinski definition) is 2. The van der Waals surface area contributed by atoms with Gasteiger partial charge < -0.3 is 5.32 Å².